The van der Waals surface area contributed by atoms with Crippen LogP contribution in [-0.4, -0.2) is 17.5 Å². The Kier molecular flexibility index (Phi) is 4.73. The number of hydrogen-bond donors (Lipinski definition) is 1. The first-order chi connectivity index (χ1) is 11.2. The fraction of sp³-hybridized carbons (Fsp3) is 0.176. The van der Waals surface area contributed by atoms with E-state index >= 15 is 0 Å². The number of rotatable bonds is 5. The van der Waals surface area contributed by atoms with Gasteiger partial charge in [-0.3, -0.25) is 4.79 Å². The van der Waals surface area contributed by atoms with Crippen LogP contribution in [-0.2, 0) is 0 Å². The van der Waals surface area contributed by atoms with E-state index < -0.39 is 0 Å². The van der Waals surface area contributed by atoms with Crippen LogP contribution in [0.2, 0.25) is 0 Å². The summed E-state index contributed by atoms with van der Waals surface area (Å²) in [5.74, 6) is 0.513. The van der Waals surface area contributed by atoms with Crippen LogP contribution in [0.3, 0.4) is 0 Å². The van der Waals surface area contributed by atoms with E-state index in [1.165, 1.54) is 11.3 Å². The summed E-state index contributed by atoms with van der Waals surface area (Å²) in [6.45, 7) is 4.32. The van der Waals surface area contributed by atoms with Crippen LogP contribution in [0, 0.1) is 6.92 Å². The number of aromatic nitrogens is 1. The Morgan fingerprint density at radius 1 is 1.26 bits per heavy atom. The van der Waals surface area contributed by atoms with E-state index in [0.717, 1.165) is 15.6 Å². The first-order valence-corrected chi connectivity index (χ1v) is 8.93. The number of aryl methyl sites for hydroxylation is 1. The van der Waals surface area contributed by atoms with Crippen molar-refractivity contribution in [1.29, 1.82) is 0 Å². The SMILES string of the molecule is CCOc1ccccc1NC(=O)c1sc(-c2cccs2)nc1C. The van der Waals surface area contributed by atoms with Crippen molar-refractivity contribution < 1.29 is 9.53 Å². The Bertz CT molecular complexity index is 810. The predicted molar refractivity (Wildman–Crippen MR) is 95.7 cm³/mol. The molecule has 1 aromatic carbocycles. The van der Waals surface area contributed by atoms with Crippen molar-refractivity contribution in [3.05, 3.63) is 52.3 Å². The van der Waals surface area contributed by atoms with Gasteiger partial charge in [-0.25, -0.2) is 4.98 Å². The van der Waals surface area contributed by atoms with Gasteiger partial charge >= 0.3 is 0 Å². The summed E-state index contributed by atoms with van der Waals surface area (Å²) >= 11 is 3.03. The van der Waals surface area contributed by atoms with Gasteiger partial charge < -0.3 is 10.1 Å². The van der Waals surface area contributed by atoms with Gasteiger partial charge in [0.15, 0.2) is 0 Å². The smallest absolute Gasteiger partial charge is 0.267 e. The average molecular weight is 344 g/mol. The Balaban J connectivity index is 1.84. The van der Waals surface area contributed by atoms with Gasteiger partial charge in [-0.1, -0.05) is 18.2 Å². The molecule has 0 saturated carbocycles. The number of ether oxygens (including phenoxy) is 1. The van der Waals surface area contributed by atoms with Crippen molar-refractivity contribution in [3.63, 3.8) is 0 Å². The molecule has 2 aromatic heterocycles. The van der Waals surface area contributed by atoms with E-state index in [2.05, 4.69) is 10.3 Å². The van der Waals surface area contributed by atoms with Crippen LogP contribution in [0.15, 0.2) is 41.8 Å². The zero-order chi connectivity index (χ0) is 16.2. The number of carbonyl (C=O) groups is 1. The molecule has 3 rings (SSSR count). The van der Waals surface area contributed by atoms with Crippen molar-refractivity contribution in [2.24, 2.45) is 0 Å². The van der Waals surface area contributed by atoms with Gasteiger partial charge in [0.1, 0.15) is 15.6 Å². The third-order valence-corrected chi connectivity index (χ3v) is 5.37. The van der Waals surface area contributed by atoms with Crippen molar-refractivity contribution >= 4 is 34.3 Å². The number of amides is 1. The van der Waals surface area contributed by atoms with Crippen LogP contribution in [0.25, 0.3) is 9.88 Å². The van der Waals surface area contributed by atoms with Crippen LogP contribution >= 0.6 is 22.7 Å². The number of thiazole rings is 1. The van der Waals surface area contributed by atoms with Crippen LogP contribution in [0.4, 0.5) is 5.69 Å². The Morgan fingerprint density at radius 3 is 2.83 bits per heavy atom. The van der Waals surface area contributed by atoms with Gasteiger partial charge in [0.05, 0.1) is 22.9 Å². The summed E-state index contributed by atoms with van der Waals surface area (Å²) in [4.78, 5) is 18.8. The number of carbonyl (C=O) groups excluding carboxylic acids is 1. The first-order valence-electron chi connectivity index (χ1n) is 7.23. The van der Waals surface area contributed by atoms with Gasteiger partial charge in [-0.2, -0.15) is 0 Å². The highest BCUT2D eigenvalue weighted by Gasteiger charge is 2.18. The number of benzene rings is 1. The number of nitrogens with zero attached hydrogens (tertiary/aromatic N) is 1. The molecule has 0 bridgehead atoms. The van der Waals surface area contributed by atoms with Crippen molar-refractivity contribution in [2.45, 2.75) is 13.8 Å². The average Bonchev–Trinajstić information content (AvgIpc) is 3.18. The highest BCUT2D eigenvalue weighted by Crippen LogP contribution is 2.32. The summed E-state index contributed by atoms with van der Waals surface area (Å²) in [7, 11) is 0. The second-order valence-corrected chi connectivity index (χ2v) is 6.74. The molecular weight excluding hydrogens is 328 g/mol. The third kappa shape index (κ3) is 3.43. The number of para-hydroxylation sites is 2. The lowest BCUT2D eigenvalue weighted by Gasteiger charge is -2.10. The van der Waals surface area contributed by atoms with E-state index in [1.807, 2.05) is 55.6 Å². The number of thiophene rings is 1. The minimum Gasteiger partial charge on any atom is -0.492 e. The summed E-state index contributed by atoms with van der Waals surface area (Å²) in [5, 5.41) is 5.80. The van der Waals surface area contributed by atoms with Crippen LogP contribution in [0.1, 0.15) is 22.3 Å². The first kappa shape index (κ1) is 15.7. The number of hydrogen-bond acceptors (Lipinski definition) is 5. The molecule has 0 aliphatic carbocycles. The van der Waals surface area contributed by atoms with Gasteiger partial charge in [0, 0.05) is 0 Å². The molecule has 6 heteroatoms. The molecule has 0 radical (unpaired) electrons. The van der Waals surface area contributed by atoms with Gasteiger partial charge in [-0.05, 0) is 37.4 Å². The van der Waals surface area contributed by atoms with E-state index in [0.29, 0.717) is 22.9 Å². The molecule has 0 saturated heterocycles. The summed E-state index contributed by atoms with van der Waals surface area (Å²) in [6.07, 6.45) is 0. The van der Waals surface area contributed by atoms with E-state index in [4.69, 9.17) is 4.74 Å². The molecular formula is C17H16N2O2S2. The molecule has 2 heterocycles. The maximum Gasteiger partial charge on any atom is 0.267 e. The minimum absolute atomic E-state index is 0.157. The fourth-order valence-corrected chi connectivity index (χ4v) is 3.90. The second kappa shape index (κ2) is 6.93. The normalized spacial score (nSPS) is 10.5. The zero-order valence-corrected chi connectivity index (χ0v) is 14.5. The monoisotopic (exact) mass is 344 g/mol. The Hall–Kier alpha value is -2.18. The van der Waals surface area contributed by atoms with Crippen LogP contribution < -0.4 is 10.1 Å². The molecule has 3 aromatic rings. The highest BCUT2D eigenvalue weighted by atomic mass is 32.1. The number of anilines is 1. The molecule has 0 spiro atoms. The second-order valence-electron chi connectivity index (χ2n) is 4.79. The lowest BCUT2D eigenvalue weighted by molar-refractivity contribution is 0.102. The highest BCUT2D eigenvalue weighted by molar-refractivity contribution is 7.22. The zero-order valence-electron chi connectivity index (χ0n) is 12.8. The third-order valence-electron chi connectivity index (χ3n) is 3.17. The molecule has 23 heavy (non-hydrogen) atoms. The largest absolute Gasteiger partial charge is 0.492 e. The van der Waals surface area contributed by atoms with Crippen LogP contribution in [0.5, 0.6) is 5.75 Å². The van der Waals surface area contributed by atoms with Crippen molar-refractivity contribution in [3.8, 4) is 15.6 Å². The van der Waals surface area contributed by atoms with E-state index in [-0.39, 0.29) is 5.91 Å². The van der Waals surface area contributed by atoms with Gasteiger partial charge in [0.25, 0.3) is 5.91 Å². The van der Waals surface area contributed by atoms with Crippen molar-refractivity contribution in [1.82, 2.24) is 4.98 Å². The maximum atomic E-state index is 12.6. The summed E-state index contributed by atoms with van der Waals surface area (Å²) < 4.78 is 5.54. The Morgan fingerprint density at radius 2 is 2.09 bits per heavy atom. The molecule has 1 amide bonds. The minimum atomic E-state index is -0.157. The molecule has 0 unspecified atom stereocenters. The standard InChI is InChI=1S/C17H16N2O2S2/c1-3-21-13-8-5-4-7-12(13)19-16(20)15-11(2)18-17(23-15)14-9-6-10-22-14/h4-10H,3H2,1-2H3,(H,19,20). The quantitative estimate of drug-likeness (QED) is 0.721. The molecule has 1 N–H and O–H groups in total. The van der Waals surface area contributed by atoms with Gasteiger partial charge in [-0.15, -0.1) is 22.7 Å². The number of nitrogens with one attached hydrogen (secondary N) is 1. The molecule has 0 fully saturated rings. The molecule has 0 aliphatic heterocycles. The van der Waals surface area contributed by atoms with Crippen molar-refractivity contribution in [2.75, 3.05) is 11.9 Å². The summed E-state index contributed by atoms with van der Waals surface area (Å²) in [5.41, 5.74) is 1.41. The molecule has 4 nitrogen and oxygen atoms in total. The molecule has 0 aliphatic rings. The van der Waals surface area contributed by atoms with E-state index in [1.54, 1.807) is 11.3 Å². The fourth-order valence-electron chi connectivity index (χ4n) is 2.14. The molecule has 0 atom stereocenters. The lowest BCUT2D eigenvalue weighted by atomic mass is 10.2. The topological polar surface area (TPSA) is 51.2 Å². The molecule has 118 valence electrons. The van der Waals surface area contributed by atoms with E-state index in [9.17, 15) is 4.79 Å². The van der Waals surface area contributed by atoms with Gasteiger partial charge in [0.2, 0.25) is 0 Å². The predicted octanol–water partition coefficient (Wildman–Crippen LogP) is 4.83. The Labute approximate surface area is 142 Å². The summed E-state index contributed by atoms with van der Waals surface area (Å²) in [6, 6.07) is 11.4. The lowest BCUT2D eigenvalue weighted by Crippen LogP contribution is -2.12. The maximum absolute atomic E-state index is 12.6.